The minimum Gasteiger partial charge on any atom is -0.366 e. The predicted octanol–water partition coefficient (Wildman–Crippen LogP) is 1.97. The maximum Gasteiger partial charge on any atom is 0.272 e. The summed E-state index contributed by atoms with van der Waals surface area (Å²) < 4.78 is 5.74. The largest absolute Gasteiger partial charge is 0.366 e. The number of rotatable bonds is 5. The quantitative estimate of drug-likeness (QED) is 0.447. The summed E-state index contributed by atoms with van der Waals surface area (Å²) in [4.78, 5) is 33.1. The SMILES string of the molecule is C=CC(C)(C)c1[nH]c2ccc(C[C@H]3OC3(C)C)cc2c1/C=c1\[nH]c(=O)c(=C)[nH]c1=O. The fourth-order valence-electron chi connectivity index (χ4n) is 3.74. The van der Waals surface area contributed by atoms with Crippen molar-refractivity contribution < 1.29 is 4.74 Å². The number of H-pyrrole nitrogens is 3. The smallest absolute Gasteiger partial charge is 0.272 e. The lowest BCUT2D eigenvalue weighted by Gasteiger charge is -2.19. The molecule has 30 heavy (non-hydrogen) atoms. The minimum atomic E-state index is -0.418. The Bertz CT molecular complexity index is 1390. The van der Waals surface area contributed by atoms with Gasteiger partial charge in [0.15, 0.2) is 0 Å². The van der Waals surface area contributed by atoms with Crippen LogP contribution in [0, 0.1) is 0 Å². The summed E-state index contributed by atoms with van der Waals surface area (Å²) in [6.45, 7) is 15.8. The molecule has 1 saturated heterocycles. The molecule has 1 atom stereocenters. The van der Waals surface area contributed by atoms with Crippen LogP contribution >= 0.6 is 0 Å². The van der Waals surface area contributed by atoms with Gasteiger partial charge >= 0.3 is 0 Å². The van der Waals surface area contributed by atoms with E-state index in [2.05, 4.69) is 67.9 Å². The highest BCUT2D eigenvalue weighted by Crippen LogP contribution is 2.39. The van der Waals surface area contributed by atoms with Crippen molar-refractivity contribution in [2.24, 2.45) is 0 Å². The molecule has 1 aliphatic rings. The van der Waals surface area contributed by atoms with Crippen LogP contribution in [0.3, 0.4) is 0 Å². The molecule has 0 unspecified atom stereocenters. The molecule has 156 valence electrons. The van der Waals surface area contributed by atoms with Gasteiger partial charge in [-0.1, -0.05) is 32.6 Å². The van der Waals surface area contributed by atoms with E-state index in [9.17, 15) is 9.59 Å². The molecule has 0 amide bonds. The Morgan fingerprint density at radius 1 is 1.17 bits per heavy atom. The molecule has 1 aliphatic heterocycles. The molecule has 3 heterocycles. The molecule has 0 radical (unpaired) electrons. The first-order valence-corrected chi connectivity index (χ1v) is 10.0. The van der Waals surface area contributed by atoms with Crippen LogP contribution in [-0.4, -0.2) is 26.7 Å². The van der Waals surface area contributed by atoms with E-state index in [4.69, 9.17) is 4.74 Å². The minimum absolute atomic E-state index is 0.0389. The first-order chi connectivity index (χ1) is 14.0. The summed E-state index contributed by atoms with van der Waals surface area (Å²) in [6, 6.07) is 6.27. The maximum atomic E-state index is 12.4. The van der Waals surface area contributed by atoms with E-state index in [1.165, 1.54) is 0 Å². The van der Waals surface area contributed by atoms with Crippen LogP contribution in [0.25, 0.3) is 23.6 Å². The Morgan fingerprint density at radius 2 is 1.87 bits per heavy atom. The van der Waals surface area contributed by atoms with Crippen molar-refractivity contribution in [3.8, 4) is 0 Å². The topological polar surface area (TPSA) is 94.0 Å². The molecule has 6 heteroatoms. The Balaban J connectivity index is 1.96. The zero-order chi connectivity index (χ0) is 21.8. The summed E-state index contributed by atoms with van der Waals surface area (Å²) in [5.74, 6) is 0. The van der Waals surface area contributed by atoms with E-state index in [-0.39, 0.29) is 33.4 Å². The summed E-state index contributed by atoms with van der Waals surface area (Å²) in [5.41, 5.74) is 2.63. The van der Waals surface area contributed by atoms with Gasteiger partial charge < -0.3 is 19.7 Å². The van der Waals surface area contributed by atoms with E-state index in [1.54, 1.807) is 6.08 Å². The standard InChI is InChI=1S/C24H27N3O3/c1-7-23(3,4)20-16(12-18-22(29)25-13(2)21(28)27-18)15-10-14(8-9-17(15)26-20)11-19-24(5,6)30-19/h7-10,12,19,26H,1-2,11H2,3-6H3,(H,25,29)(H,27,28)/b18-12-/t19-/m1/s1. The molecule has 0 saturated carbocycles. The van der Waals surface area contributed by atoms with Crippen LogP contribution in [-0.2, 0) is 16.6 Å². The third-order valence-corrected chi connectivity index (χ3v) is 5.96. The van der Waals surface area contributed by atoms with Crippen molar-refractivity contribution in [1.82, 2.24) is 15.0 Å². The molecule has 6 nitrogen and oxygen atoms in total. The van der Waals surface area contributed by atoms with Crippen LogP contribution in [0.1, 0.15) is 44.5 Å². The fraction of sp³-hybridized carbons (Fsp3) is 0.333. The van der Waals surface area contributed by atoms with Crippen molar-refractivity contribution in [3.63, 3.8) is 0 Å². The monoisotopic (exact) mass is 405 g/mol. The average Bonchev–Trinajstić information content (AvgIpc) is 3.11. The zero-order valence-corrected chi connectivity index (χ0v) is 17.8. The van der Waals surface area contributed by atoms with Crippen molar-refractivity contribution in [2.45, 2.75) is 51.2 Å². The molecule has 1 aromatic carbocycles. The van der Waals surface area contributed by atoms with Gasteiger partial charge in [0.1, 0.15) is 5.35 Å². The number of epoxide rings is 1. The molecule has 3 N–H and O–H groups in total. The number of ether oxygens (including phenoxy) is 1. The number of benzene rings is 1. The molecule has 3 aromatic rings. The van der Waals surface area contributed by atoms with E-state index < -0.39 is 5.56 Å². The number of hydrogen-bond donors (Lipinski definition) is 3. The number of allylic oxidation sites excluding steroid dienone is 1. The average molecular weight is 405 g/mol. The molecule has 1 fully saturated rings. The molecule has 0 spiro atoms. The number of aromatic amines is 3. The van der Waals surface area contributed by atoms with Gasteiger partial charge in [0.25, 0.3) is 11.1 Å². The highest BCUT2D eigenvalue weighted by molar-refractivity contribution is 5.91. The highest BCUT2D eigenvalue weighted by atomic mass is 16.6. The molecule has 2 aromatic heterocycles. The van der Waals surface area contributed by atoms with Gasteiger partial charge in [-0.15, -0.1) is 6.58 Å². The Morgan fingerprint density at radius 3 is 2.50 bits per heavy atom. The van der Waals surface area contributed by atoms with E-state index in [0.29, 0.717) is 0 Å². The van der Waals surface area contributed by atoms with Gasteiger partial charge in [-0.3, -0.25) is 9.59 Å². The third-order valence-electron chi connectivity index (χ3n) is 5.96. The van der Waals surface area contributed by atoms with Gasteiger partial charge in [-0.25, -0.2) is 0 Å². The lowest BCUT2D eigenvalue weighted by atomic mass is 9.86. The van der Waals surface area contributed by atoms with Crippen molar-refractivity contribution in [2.75, 3.05) is 0 Å². The van der Waals surface area contributed by atoms with Gasteiger partial charge in [-0.05, 0) is 37.6 Å². The summed E-state index contributed by atoms with van der Waals surface area (Å²) >= 11 is 0. The second-order valence-electron chi connectivity index (χ2n) is 9.08. The first-order valence-electron chi connectivity index (χ1n) is 10.0. The van der Waals surface area contributed by atoms with Crippen molar-refractivity contribution in [1.29, 1.82) is 0 Å². The Kier molecular flexibility index (Phi) is 4.51. The van der Waals surface area contributed by atoms with Crippen molar-refractivity contribution in [3.05, 3.63) is 79.1 Å². The lowest BCUT2D eigenvalue weighted by Crippen LogP contribution is -2.46. The van der Waals surface area contributed by atoms with Crippen LogP contribution in [0.15, 0.2) is 40.4 Å². The van der Waals surface area contributed by atoms with Gasteiger partial charge in [-0.2, -0.15) is 0 Å². The number of aromatic nitrogens is 3. The normalized spacial score (nSPS) is 18.7. The van der Waals surface area contributed by atoms with E-state index in [1.807, 2.05) is 12.1 Å². The third kappa shape index (κ3) is 3.48. The van der Waals surface area contributed by atoms with Gasteiger partial charge in [0.2, 0.25) is 0 Å². The number of nitrogens with one attached hydrogen (secondary N) is 3. The second kappa shape index (κ2) is 6.71. The Hall–Kier alpha value is -3.12. The molecular formula is C24H27N3O3. The summed E-state index contributed by atoms with van der Waals surface area (Å²) in [5, 5.41) is 1.21. The molecular weight excluding hydrogens is 378 g/mol. The van der Waals surface area contributed by atoms with Crippen LogP contribution < -0.4 is 21.8 Å². The van der Waals surface area contributed by atoms with Crippen molar-refractivity contribution >= 4 is 23.6 Å². The molecule has 0 bridgehead atoms. The highest BCUT2D eigenvalue weighted by Gasteiger charge is 2.47. The molecule has 0 aliphatic carbocycles. The zero-order valence-electron chi connectivity index (χ0n) is 17.8. The van der Waals surface area contributed by atoms with Crippen LogP contribution in [0.4, 0.5) is 0 Å². The van der Waals surface area contributed by atoms with Gasteiger partial charge in [0.05, 0.1) is 17.1 Å². The Labute approximate surface area is 174 Å². The summed E-state index contributed by atoms with van der Waals surface area (Å²) in [6.07, 6.45) is 4.61. The number of hydrogen-bond acceptors (Lipinski definition) is 3. The summed E-state index contributed by atoms with van der Waals surface area (Å²) in [7, 11) is 0. The maximum absolute atomic E-state index is 12.4. The number of fused-ring (bicyclic) bond motifs is 1. The predicted molar refractivity (Wildman–Crippen MR) is 120 cm³/mol. The van der Waals surface area contributed by atoms with Gasteiger partial charge in [0, 0.05) is 34.0 Å². The second-order valence-corrected chi connectivity index (χ2v) is 9.08. The molecule has 4 rings (SSSR count). The lowest BCUT2D eigenvalue weighted by molar-refractivity contribution is 0.323. The first kappa shape index (κ1) is 20.2. The fourth-order valence-corrected chi connectivity index (χ4v) is 3.74. The van der Waals surface area contributed by atoms with Crippen LogP contribution in [0.5, 0.6) is 0 Å². The van der Waals surface area contributed by atoms with E-state index >= 15 is 0 Å². The van der Waals surface area contributed by atoms with E-state index in [0.717, 1.165) is 34.1 Å². The van der Waals surface area contributed by atoms with Crippen LogP contribution in [0.2, 0.25) is 0 Å².